The lowest BCUT2D eigenvalue weighted by molar-refractivity contribution is -0.167. The Morgan fingerprint density at radius 3 is 1.08 bits per heavy atom. The van der Waals surface area contributed by atoms with Crippen molar-refractivity contribution in [3.63, 3.8) is 0 Å². The number of rotatable bonds is 46. The van der Waals surface area contributed by atoms with Crippen LogP contribution in [0.25, 0.3) is 0 Å². The van der Waals surface area contributed by atoms with Crippen LogP contribution in [0.3, 0.4) is 0 Å². The predicted molar refractivity (Wildman–Crippen MR) is 279 cm³/mol. The lowest BCUT2D eigenvalue weighted by atomic mass is 10.1. The van der Waals surface area contributed by atoms with E-state index in [0.717, 1.165) is 109 Å². The van der Waals surface area contributed by atoms with Gasteiger partial charge >= 0.3 is 17.9 Å². The van der Waals surface area contributed by atoms with Gasteiger partial charge in [-0.05, 0) is 116 Å². The molecule has 0 N–H and O–H groups in total. The van der Waals surface area contributed by atoms with Crippen molar-refractivity contribution in [2.24, 2.45) is 0 Å². The first-order chi connectivity index (χ1) is 32.0. The summed E-state index contributed by atoms with van der Waals surface area (Å²) in [4.78, 5) is 38.0. The van der Waals surface area contributed by atoms with Gasteiger partial charge in [0.25, 0.3) is 0 Å². The summed E-state index contributed by atoms with van der Waals surface area (Å²) >= 11 is 0. The number of ether oxygens (including phenoxy) is 3. The smallest absolute Gasteiger partial charge is 0.306 e. The van der Waals surface area contributed by atoms with Crippen LogP contribution in [0.5, 0.6) is 0 Å². The minimum atomic E-state index is -0.817. The molecule has 0 aromatic carbocycles. The minimum Gasteiger partial charge on any atom is -0.462 e. The monoisotopic (exact) mass is 901 g/mol. The second-order valence-corrected chi connectivity index (χ2v) is 17.0. The Bertz CT molecular complexity index is 1360. The zero-order valence-corrected chi connectivity index (χ0v) is 42.0. The zero-order chi connectivity index (χ0) is 47.2. The maximum absolute atomic E-state index is 12.8. The van der Waals surface area contributed by atoms with Crippen molar-refractivity contribution in [3.8, 4) is 0 Å². The van der Waals surface area contributed by atoms with Gasteiger partial charge in [-0.2, -0.15) is 0 Å². The zero-order valence-electron chi connectivity index (χ0n) is 42.0. The van der Waals surface area contributed by atoms with E-state index in [1.165, 1.54) is 70.6 Å². The summed E-state index contributed by atoms with van der Waals surface area (Å²) in [6, 6.07) is 0. The molecule has 0 saturated carbocycles. The molecule has 0 saturated heterocycles. The molecule has 0 fully saturated rings. The van der Waals surface area contributed by atoms with Gasteiger partial charge in [-0.1, -0.05) is 201 Å². The van der Waals surface area contributed by atoms with Crippen molar-refractivity contribution in [2.75, 3.05) is 13.2 Å². The van der Waals surface area contributed by atoms with Gasteiger partial charge in [0.05, 0.1) is 0 Å². The fourth-order valence-electron chi connectivity index (χ4n) is 6.76. The lowest BCUT2D eigenvalue weighted by Crippen LogP contribution is -2.30. The molecule has 6 nitrogen and oxygen atoms in total. The van der Waals surface area contributed by atoms with Crippen LogP contribution in [0.4, 0.5) is 0 Å². The van der Waals surface area contributed by atoms with Gasteiger partial charge in [-0.25, -0.2) is 0 Å². The first kappa shape index (κ1) is 61.1. The van der Waals surface area contributed by atoms with Crippen LogP contribution in [0.15, 0.2) is 109 Å². The highest BCUT2D eigenvalue weighted by molar-refractivity contribution is 5.71. The molecule has 6 heteroatoms. The van der Waals surface area contributed by atoms with Gasteiger partial charge in [0.2, 0.25) is 0 Å². The molecule has 0 bridgehead atoms. The molecular formula is C59H96O6. The number of carbonyl (C=O) groups excluding carboxylic acids is 3. The second-order valence-electron chi connectivity index (χ2n) is 17.0. The van der Waals surface area contributed by atoms with E-state index in [1.807, 2.05) is 0 Å². The molecule has 0 aromatic rings. The Kier molecular flexibility index (Phi) is 49.5. The van der Waals surface area contributed by atoms with Crippen molar-refractivity contribution in [3.05, 3.63) is 109 Å². The average Bonchev–Trinajstić information content (AvgIpc) is 3.30. The van der Waals surface area contributed by atoms with Crippen LogP contribution in [-0.2, 0) is 28.6 Å². The molecule has 0 radical (unpaired) electrons. The quantitative estimate of drug-likeness (QED) is 0.0262. The van der Waals surface area contributed by atoms with E-state index >= 15 is 0 Å². The van der Waals surface area contributed by atoms with Crippen molar-refractivity contribution in [1.29, 1.82) is 0 Å². The van der Waals surface area contributed by atoms with Crippen LogP contribution < -0.4 is 0 Å². The summed E-state index contributed by atoms with van der Waals surface area (Å²) in [5, 5.41) is 0. The number of carbonyl (C=O) groups is 3. The normalized spacial score (nSPS) is 13.0. The first-order valence-electron chi connectivity index (χ1n) is 26.4. The van der Waals surface area contributed by atoms with Crippen molar-refractivity contribution >= 4 is 17.9 Å². The Hall–Kier alpha value is -3.93. The molecule has 0 aliphatic rings. The third kappa shape index (κ3) is 50.9. The largest absolute Gasteiger partial charge is 0.462 e. The molecule has 0 aromatic heterocycles. The van der Waals surface area contributed by atoms with Gasteiger partial charge in [-0.15, -0.1) is 0 Å². The van der Waals surface area contributed by atoms with Crippen LogP contribution in [0, 0.1) is 0 Å². The van der Waals surface area contributed by atoms with Gasteiger partial charge in [0.1, 0.15) is 13.2 Å². The minimum absolute atomic E-state index is 0.116. The molecule has 368 valence electrons. The third-order valence-corrected chi connectivity index (χ3v) is 10.7. The summed E-state index contributed by atoms with van der Waals surface area (Å²) in [5.74, 6) is -1.01. The molecule has 0 unspecified atom stereocenters. The maximum atomic E-state index is 12.8. The maximum Gasteiger partial charge on any atom is 0.306 e. The lowest BCUT2D eigenvalue weighted by Gasteiger charge is -2.18. The molecular weight excluding hydrogens is 805 g/mol. The molecule has 65 heavy (non-hydrogen) atoms. The van der Waals surface area contributed by atoms with Gasteiger partial charge < -0.3 is 14.2 Å². The Balaban J connectivity index is 4.50. The molecule has 0 heterocycles. The van der Waals surface area contributed by atoms with E-state index in [4.69, 9.17) is 14.2 Å². The topological polar surface area (TPSA) is 78.9 Å². The SMILES string of the molecule is CC/C=C\C/C=C\C/C=C\C/C=C\C/C=C\CCCCCC(=O)OC[C@H](COC(=O)CCC/C=C\C/C=C\C/C=C\CCCCCCCC)OC(=O)CCCCCCC/C=C\CCCC. The van der Waals surface area contributed by atoms with E-state index in [-0.39, 0.29) is 37.5 Å². The van der Waals surface area contributed by atoms with Crippen LogP contribution in [-0.4, -0.2) is 37.2 Å². The van der Waals surface area contributed by atoms with E-state index < -0.39 is 6.10 Å². The molecule has 1 atom stereocenters. The highest BCUT2D eigenvalue weighted by Crippen LogP contribution is 2.12. The molecule has 0 aliphatic carbocycles. The fraction of sp³-hybridized carbons (Fsp3) is 0.644. The average molecular weight is 901 g/mol. The molecule has 0 amide bonds. The summed E-state index contributed by atoms with van der Waals surface area (Å²) in [7, 11) is 0. The summed E-state index contributed by atoms with van der Waals surface area (Å²) in [6.45, 7) is 6.38. The fourth-order valence-corrected chi connectivity index (χ4v) is 6.76. The first-order valence-corrected chi connectivity index (χ1v) is 26.4. The van der Waals surface area contributed by atoms with E-state index in [2.05, 4.69) is 130 Å². The summed E-state index contributed by atoms with van der Waals surface area (Å²) in [5.41, 5.74) is 0. The molecule has 0 rings (SSSR count). The number of hydrogen-bond acceptors (Lipinski definition) is 6. The Labute approximate surface area is 400 Å². The standard InChI is InChI=1S/C59H96O6/c1-4-7-10-13-16-19-22-24-26-28-29-31-33-35-38-40-43-46-49-52-58(61)64-55-56(65-59(62)53-50-47-44-41-36-21-18-15-12-9-6-3)54-63-57(60)51-48-45-42-39-37-34-32-30-27-25-23-20-17-14-11-8-5-2/h7,10,15-16,18-19,24-27,29,31-32,34-35,38-39,42,56H,4-6,8-9,11-14,17,20-23,28,30,33,36-37,40-41,43-55H2,1-3H3/b10-7-,18-15-,19-16-,26-24-,27-25-,31-29-,34-32-,38-35-,42-39-/t56-/m0/s1. The van der Waals surface area contributed by atoms with Gasteiger partial charge in [0.15, 0.2) is 6.10 Å². The van der Waals surface area contributed by atoms with Gasteiger partial charge in [-0.3, -0.25) is 14.4 Å². The number of esters is 3. The summed E-state index contributed by atoms with van der Waals surface area (Å²) < 4.78 is 16.7. The Morgan fingerprint density at radius 1 is 0.323 bits per heavy atom. The predicted octanol–water partition coefficient (Wildman–Crippen LogP) is 17.5. The van der Waals surface area contributed by atoms with Crippen molar-refractivity contribution < 1.29 is 28.6 Å². The van der Waals surface area contributed by atoms with Crippen LogP contribution >= 0.6 is 0 Å². The van der Waals surface area contributed by atoms with Crippen LogP contribution in [0.2, 0.25) is 0 Å². The van der Waals surface area contributed by atoms with E-state index in [1.54, 1.807) is 0 Å². The van der Waals surface area contributed by atoms with E-state index in [9.17, 15) is 14.4 Å². The van der Waals surface area contributed by atoms with E-state index in [0.29, 0.717) is 19.3 Å². The molecule has 0 aliphatic heterocycles. The van der Waals surface area contributed by atoms with Crippen molar-refractivity contribution in [1.82, 2.24) is 0 Å². The number of allylic oxidation sites excluding steroid dienone is 18. The third-order valence-electron chi connectivity index (χ3n) is 10.7. The Morgan fingerprint density at radius 2 is 0.631 bits per heavy atom. The highest BCUT2D eigenvalue weighted by atomic mass is 16.6. The summed E-state index contributed by atoms with van der Waals surface area (Å²) in [6.07, 6.45) is 70.8. The van der Waals surface area contributed by atoms with Crippen molar-refractivity contribution in [2.45, 2.75) is 232 Å². The second kappa shape index (κ2) is 52.7. The number of hydrogen-bond donors (Lipinski definition) is 0. The highest BCUT2D eigenvalue weighted by Gasteiger charge is 2.19. The number of unbranched alkanes of at least 4 members (excludes halogenated alkanes) is 17. The van der Waals surface area contributed by atoms with Crippen LogP contribution in [0.1, 0.15) is 226 Å². The molecule has 0 spiro atoms. The van der Waals surface area contributed by atoms with Gasteiger partial charge in [0, 0.05) is 19.3 Å².